The van der Waals surface area contributed by atoms with Crippen molar-refractivity contribution in [2.24, 2.45) is 12.0 Å². The average Bonchev–Trinajstić information content (AvgIpc) is 2.99. The van der Waals surface area contributed by atoms with Gasteiger partial charge in [-0.25, -0.2) is 12.7 Å². The molecule has 2 aromatic rings. The molecule has 1 aliphatic heterocycles. The van der Waals surface area contributed by atoms with Gasteiger partial charge in [-0.05, 0) is 32.0 Å². The van der Waals surface area contributed by atoms with E-state index in [-0.39, 0.29) is 16.0 Å². The molecular weight excluding hydrogens is 350 g/mol. The van der Waals surface area contributed by atoms with Crippen molar-refractivity contribution in [3.05, 3.63) is 45.7 Å². The first-order valence-corrected chi connectivity index (χ1v) is 9.47. The van der Waals surface area contributed by atoms with E-state index >= 15 is 0 Å². The fourth-order valence-electron chi connectivity index (χ4n) is 2.48. The fraction of sp³-hybridized carbons (Fsp3) is 0.267. The molecule has 0 fully saturated rings. The number of sulfonamides is 1. The molecule has 24 heavy (non-hydrogen) atoms. The number of nitrogens with zero attached hydrogens (tertiary/aromatic N) is 3. The summed E-state index contributed by atoms with van der Waals surface area (Å²) in [7, 11) is -2.17. The third-order valence-electron chi connectivity index (χ3n) is 3.62. The number of carbonyl (C=O) groups excluding carboxylic acids is 2. The number of aryl methyl sites for hydroxylation is 1. The van der Waals surface area contributed by atoms with Crippen molar-refractivity contribution in [1.29, 1.82) is 0 Å². The molecule has 0 aliphatic carbocycles. The molecule has 1 aromatic heterocycles. The largest absolute Gasteiger partial charge is 0.327 e. The number of aromatic nitrogens is 1. The van der Waals surface area contributed by atoms with E-state index in [9.17, 15) is 18.0 Å². The monoisotopic (exact) mass is 365 g/mol. The van der Waals surface area contributed by atoms with Gasteiger partial charge in [0.2, 0.25) is 0 Å². The second-order valence-electron chi connectivity index (χ2n) is 5.62. The van der Waals surface area contributed by atoms with Crippen molar-refractivity contribution in [2.45, 2.75) is 24.8 Å². The lowest BCUT2D eigenvalue weighted by Gasteiger charge is -2.18. The van der Waals surface area contributed by atoms with E-state index in [4.69, 9.17) is 0 Å². The Bertz CT molecular complexity index is 1020. The SMILES string of the molecule is CC(C)N1C(=O)c2ccc(C(=O)N=c3sccn3C)cc2S1(=O)=O. The standard InChI is InChI=1S/C15H15N3O4S2/c1-9(2)18-14(20)11-5-4-10(8-12(11)24(18,21)22)13(19)16-15-17(3)6-7-23-15/h4-9H,1-3H3. The number of amides is 2. The maximum atomic E-state index is 12.5. The molecule has 0 radical (unpaired) electrons. The molecule has 2 heterocycles. The second-order valence-corrected chi connectivity index (χ2v) is 8.28. The smallest absolute Gasteiger partial charge is 0.279 e. The topological polar surface area (TPSA) is 88.8 Å². The predicted octanol–water partition coefficient (Wildman–Crippen LogP) is 1.38. The quantitative estimate of drug-likeness (QED) is 0.804. The Morgan fingerprint density at radius 3 is 2.58 bits per heavy atom. The third-order valence-corrected chi connectivity index (χ3v) is 6.47. The summed E-state index contributed by atoms with van der Waals surface area (Å²) < 4.78 is 27.6. The normalized spacial score (nSPS) is 16.8. The van der Waals surface area contributed by atoms with Crippen LogP contribution in [0, 0.1) is 0 Å². The minimum atomic E-state index is -3.93. The van der Waals surface area contributed by atoms with Crippen molar-refractivity contribution in [3.8, 4) is 0 Å². The van der Waals surface area contributed by atoms with Gasteiger partial charge in [-0.15, -0.1) is 11.3 Å². The summed E-state index contributed by atoms with van der Waals surface area (Å²) in [4.78, 5) is 28.9. The number of hydrogen-bond acceptors (Lipinski definition) is 5. The summed E-state index contributed by atoms with van der Waals surface area (Å²) >= 11 is 1.30. The molecule has 126 valence electrons. The first-order valence-electron chi connectivity index (χ1n) is 7.15. The molecule has 3 rings (SSSR count). The van der Waals surface area contributed by atoms with Crippen LogP contribution in [0.1, 0.15) is 34.6 Å². The Kier molecular flexibility index (Phi) is 3.92. The third kappa shape index (κ3) is 2.49. The zero-order valence-corrected chi connectivity index (χ0v) is 14.9. The van der Waals surface area contributed by atoms with E-state index in [0.717, 1.165) is 4.31 Å². The van der Waals surface area contributed by atoms with Crippen LogP contribution in [-0.2, 0) is 17.1 Å². The van der Waals surface area contributed by atoms with Gasteiger partial charge < -0.3 is 4.57 Å². The van der Waals surface area contributed by atoms with Gasteiger partial charge in [0, 0.05) is 30.2 Å². The Balaban J connectivity index is 2.09. The highest BCUT2D eigenvalue weighted by atomic mass is 32.2. The molecule has 1 aromatic carbocycles. The molecule has 0 saturated heterocycles. The summed E-state index contributed by atoms with van der Waals surface area (Å²) in [6, 6.07) is 3.53. The van der Waals surface area contributed by atoms with Gasteiger partial charge in [0.05, 0.1) is 5.56 Å². The number of benzene rings is 1. The molecule has 0 bridgehead atoms. The summed E-state index contributed by atoms with van der Waals surface area (Å²) in [5.74, 6) is -1.12. The minimum Gasteiger partial charge on any atom is -0.327 e. The van der Waals surface area contributed by atoms with Gasteiger partial charge in [-0.3, -0.25) is 9.59 Å². The number of fused-ring (bicyclic) bond motifs is 1. The van der Waals surface area contributed by atoms with Gasteiger partial charge in [0.15, 0.2) is 4.80 Å². The molecule has 2 amide bonds. The molecule has 9 heteroatoms. The summed E-state index contributed by atoms with van der Waals surface area (Å²) in [6.07, 6.45) is 1.77. The van der Waals surface area contributed by atoms with Gasteiger partial charge in [0.25, 0.3) is 21.8 Å². The highest BCUT2D eigenvalue weighted by molar-refractivity contribution is 7.90. The number of thiazole rings is 1. The van der Waals surface area contributed by atoms with Crippen LogP contribution in [0.5, 0.6) is 0 Å². The first-order chi connectivity index (χ1) is 11.2. The molecule has 0 spiro atoms. The average molecular weight is 365 g/mol. The summed E-state index contributed by atoms with van der Waals surface area (Å²) in [5.41, 5.74) is 0.214. The predicted molar refractivity (Wildman–Crippen MR) is 88.1 cm³/mol. The van der Waals surface area contributed by atoms with Crippen molar-refractivity contribution in [1.82, 2.24) is 8.87 Å². The maximum Gasteiger partial charge on any atom is 0.279 e. The van der Waals surface area contributed by atoms with Crippen molar-refractivity contribution >= 4 is 33.2 Å². The second kappa shape index (κ2) is 5.67. The van der Waals surface area contributed by atoms with Crippen LogP contribution in [0.2, 0.25) is 0 Å². The van der Waals surface area contributed by atoms with E-state index in [1.54, 1.807) is 37.0 Å². The zero-order chi connectivity index (χ0) is 17.6. The molecule has 1 aliphatic rings. The van der Waals surface area contributed by atoms with E-state index in [1.807, 2.05) is 0 Å². The lowest BCUT2D eigenvalue weighted by molar-refractivity contribution is 0.0845. The maximum absolute atomic E-state index is 12.5. The minimum absolute atomic E-state index is 0.0851. The molecule has 0 saturated carbocycles. The van der Waals surface area contributed by atoms with Gasteiger partial charge >= 0.3 is 0 Å². The van der Waals surface area contributed by atoms with Crippen molar-refractivity contribution in [2.75, 3.05) is 0 Å². The molecule has 7 nitrogen and oxygen atoms in total. The highest BCUT2D eigenvalue weighted by Crippen LogP contribution is 2.32. The van der Waals surface area contributed by atoms with E-state index in [1.165, 1.54) is 29.5 Å². The Labute approximate surface area is 142 Å². The number of rotatable bonds is 2. The number of carbonyl (C=O) groups is 2. The zero-order valence-electron chi connectivity index (χ0n) is 13.3. The Hall–Kier alpha value is -2.26. The fourth-order valence-corrected chi connectivity index (χ4v) is 5.00. The van der Waals surface area contributed by atoms with Crippen LogP contribution in [0.4, 0.5) is 0 Å². The van der Waals surface area contributed by atoms with Gasteiger partial charge in [-0.1, -0.05) is 0 Å². The van der Waals surface area contributed by atoms with E-state index in [2.05, 4.69) is 4.99 Å². The van der Waals surface area contributed by atoms with Crippen LogP contribution >= 0.6 is 11.3 Å². The highest BCUT2D eigenvalue weighted by Gasteiger charge is 2.42. The molecule has 0 atom stereocenters. The van der Waals surface area contributed by atoms with Crippen molar-refractivity contribution < 1.29 is 18.0 Å². The van der Waals surface area contributed by atoms with E-state index in [0.29, 0.717) is 4.80 Å². The number of hydrogen-bond donors (Lipinski definition) is 0. The Morgan fingerprint density at radius 1 is 1.29 bits per heavy atom. The summed E-state index contributed by atoms with van der Waals surface area (Å²) in [5, 5.41) is 1.79. The van der Waals surface area contributed by atoms with Crippen molar-refractivity contribution in [3.63, 3.8) is 0 Å². The van der Waals surface area contributed by atoms with Crippen LogP contribution in [0.3, 0.4) is 0 Å². The lowest BCUT2D eigenvalue weighted by atomic mass is 10.1. The molecule has 0 unspecified atom stereocenters. The summed E-state index contributed by atoms with van der Waals surface area (Å²) in [6.45, 7) is 3.25. The first kappa shape index (κ1) is 16.6. The van der Waals surface area contributed by atoms with Gasteiger partial charge in [-0.2, -0.15) is 4.99 Å². The van der Waals surface area contributed by atoms with Crippen LogP contribution in [0.25, 0.3) is 0 Å². The van der Waals surface area contributed by atoms with Crippen LogP contribution in [-0.4, -0.2) is 35.1 Å². The Morgan fingerprint density at radius 2 is 2.00 bits per heavy atom. The lowest BCUT2D eigenvalue weighted by Crippen LogP contribution is -2.36. The molecule has 0 N–H and O–H groups in total. The molecular formula is C15H15N3O4S2. The van der Waals surface area contributed by atoms with Crippen LogP contribution < -0.4 is 4.80 Å². The van der Waals surface area contributed by atoms with E-state index < -0.39 is 27.9 Å². The van der Waals surface area contributed by atoms with Gasteiger partial charge in [0.1, 0.15) is 4.90 Å². The van der Waals surface area contributed by atoms with Crippen LogP contribution in [0.15, 0.2) is 39.7 Å².